The minimum Gasteiger partial charge on any atom is -0.465 e. The van der Waals surface area contributed by atoms with E-state index in [1.165, 1.54) is 38.6 Å². The van der Waals surface area contributed by atoms with Crippen molar-refractivity contribution in [3.05, 3.63) is 35.4 Å². The second-order valence-corrected chi connectivity index (χ2v) is 5.32. The molecule has 1 aliphatic heterocycles. The van der Waals surface area contributed by atoms with Crippen LogP contribution in [-0.2, 0) is 11.3 Å². The highest BCUT2D eigenvalue weighted by Crippen LogP contribution is 2.08. The summed E-state index contributed by atoms with van der Waals surface area (Å²) in [5.41, 5.74) is 1.93. The molecular weight excluding hydrogens is 226 g/mol. The van der Waals surface area contributed by atoms with Crippen LogP contribution in [0.5, 0.6) is 0 Å². The van der Waals surface area contributed by atoms with Crippen LogP contribution in [0.1, 0.15) is 35.7 Å². The van der Waals surface area contributed by atoms with Gasteiger partial charge < -0.3 is 9.64 Å². The summed E-state index contributed by atoms with van der Waals surface area (Å²) in [7, 11) is 1.41. The Hall–Kier alpha value is -1.35. The monoisotopic (exact) mass is 248 g/mol. The van der Waals surface area contributed by atoms with E-state index >= 15 is 0 Å². The quantitative estimate of drug-likeness (QED) is 0.817. The topological polar surface area (TPSA) is 30.7 Å². The van der Waals surface area contributed by atoms with Crippen molar-refractivity contribution in [3.63, 3.8) is 0 Å². The van der Waals surface area contributed by atoms with Gasteiger partial charge in [0.05, 0.1) is 25.8 Å². The Morgan fingerprint density at radius 1 is 1.39 bits per heavy atom. The van der Waals surface area contributed by atoms with Gasteiger partial charge in [-0.15, -0.1) is 0 Å². The van der Waals surface area contributed by atoms with E-state index in [2.05, 4.69) is 6.92 Å². The lowest BCUT2D eigenvalue weighted by Gasteiger charge is -2.27. The summed E-state index contributed by atoms with van der Waals surface area (Å²) >= 11 is 0. The first kappa shape index (κ1) is 13.1. The number of quaternary nitrogens is 1. The molecule has 98 valence electrons. The average molecular weight is 248 g/mol. The molecule has 1 fully saturated rings. The van der Waals surface area contributed by atoms with Gasteiger partial charge in [-0.05, 0) is 25.0 Å². The van der Waals surface area contributed by atoms with Gasteiger partial charge in [-0.2, -0.15) is 0 Å². The molecule has 1 aliphatic rings. The highest BCUT2D eigenvalue weighted by Gasteiger charge is 2.19. The Labute approximate surface area is 109 Å². The summed E-state index contributed by atoms with van der Waals surface area (Å²) < 4.78 is 4.70. The van der Waals surface area contributed by atoms with Crippen LogP contribution in [0.3, 0.4) is 0 Å². The zero-order valence-electron chi connectivity index (χ0n) is 11.2. The van der Waals surface area contributed by atoms with Crippen molar-refractivity contribution in [2.45, 2.75) is 26.3 Å². The number of rotatable bonds is 3. The molecule has 1 unspecified atom stereocenters. The molecule has 0 saturated carbocycles. The molecule has 0 spiro atoms. The lowest BCUT2D eigenvalue weighted by atomic mass is 9.99. The van der Waals surface area contributed by atoms with E-state index in [9.17, 15) is 4.79 Å². The molecule has 2 atom stereocenters. The standard InChI is InChI=1S/C15H21NO2/c1-12-4-3-9-16(10-12)11-13-5-7-14(8-6-13)15(17)18-2/h5-8,12H,3-4,9-11H2,1-2H3/p+1/t12-/m1/s1. The van der Waals surface area contributed by atoms with Gasteiger partial charge in [-0.3, -0.25) is 0 Å². The number of methoxy groups -OCH3 is 1. The molecule has 1 aromatic rings. The molecule has 3 nitrogen and oxygen atoms in total. The molecular formula is C15H22NO2+. The van der Waals surface area contributed by atoms with Crippen molar-refractivity contribution in [1.29, 1.82) is 0 Å². The molecule has 2 rings (SSSR count). The Morgan fingerprint density at radius 3 is 2.72 bits per heavy atom. The number of nitrogens with one attached hydrogen (secondary N) is 1. The maximum atomic E-state index is 11.3. The number of likely N-dealkylation sites (tertiary alicyclic amines) is 1. The van der Waals surface area contributed by atoms with Gasteiger partial charge in [0.25, 0.3) is 0 Å². The van der Waals surface area contributed by atoms with Gasteiger partial charge in [0, 0.05) is 11.5 Å². The van der Waals surface area contributed by atoms with Crippen LogP contribution >= 0.6 is 0 Å². The van der Waals surface area contributed by atoms with Crippen LogP contribution < -0.4 is 4.90 Å². The van der Waals surface area contributed by atoms with Crippen molar-refractivity contribution >= 4 is 5.97 Å². The van der Waals surface area contributed by atoms with Gasteiger partial charge in [0.2, 0.25) is 0 Å². The van der Waals surface area contributed by atoms with Crippen molar-refractivity contribution in [3.8, 4) is 0 Å². The van der Waals surface area contributed by atoms with Crippen LogP contribution in [0.4, 0.5) is 0 Å². The third-order valence-corrected chi connectivity index (χ3v) is 3.69. The summed E-state index contributed by atoms with van der Waals surface area (Å²) in [4.78, 5) is 13.0. The third-order valence-electron chi connectivity index (χ3n) is 3.69. The first-order chi connectivity index (χ1) is 8.69. The minimum absolute atomic E-state index is 0.263. The number of piperidine rings is 1. The van der Waals surface area contributed by atoms with E-state index in [4.69, 9.17) is 4.74 Å². The summed E-state index contributed by atoms with van der Waals surface area (Å²) in [5, 5.41) is 0. The molecule has 1 saturated heterocycles. The van der Waals surface area contributed by atoms with Crippen LogP contribution in [0, 0.1) is 5.92 Å². The summed E-state index contributed by atoms with van der Waals surface area (Å²) in [6.07, 6.45) is 2.70. The van der Waals surface area contributed by atoms with Gasteiger partial charge in [0.1, 0.15) is 6.54 Å². The molecule has 0 radical (unpaired) electrons. The van der Waals surface area contributed by atoms with E-state index < -0.39 is 0 Å². The second-order valence-electron chi connectivity index (χ2n) is 5.32. The molecule has 18 heavy (non-hydrogen) atoms. The maximum Gasteiger partial charge on any atom is 0.337 e. The van der Waals surface area contributed by atoms with Crippen LogP contribution in [0.15, 0.2) is 24.3 Å². The molecule has 1 N–H and O–H groups in total. The van der Waals surface area contributed by atoms with E-state index in [1.807, 2.05) is 24.3 Å². The fraction of sp³-hybridized carbons (Fsp3) is 0.533. The van der Waals surface area contributed by atoms with Crippen molar-refractivity contribution < 1.29 is 14.4 Å². The van der Waals surface area contributed by atoms with Crippen molar-refractivity contribution in [1.82, 2.24) is 0 Å². The molecule has 1 aromatic carbocycles. The maximum absolute atomic E-state index is 11.3. The Kier molecular flexibility index (Phi) is 4.37. The highest BCUT2D eigenvalue weighted by molar-refractivity contribution is 5.89. The molecule has 0 bridgehead atoms. The molecule has 0 aliphatic carbocycles. The van der Waals surface area contributed by atoms with Gasteiger partial charge in [-0.25, -0.2) is 4.79 Å². The number of hydrogen-bond acceptors (Lipinski definition) is 2. The zero-order valence-corrected chi connectivity index (χ0v) is 11.2. The van der Waals surface area contributed by atoms with Crippen molar-refractivity contribution in [2.24, 2.45) is 5.92 Å². The SMILES string of the molecule is COC(=O)c1ccc(C[NH+]2CCC[C@@H](C)C2)cc1. The molecule has 1 heterocycles. The van der Waals surface area contributed by atoms with E-state index in [0.717, 1.165) is 12.5 Å². The third kappa shape index (κ3) is 3.33. The highest BCUT2D eigenvalue weighted by atomic mass is 16.5. The Balaban J connectivity index is 1.95. The number of carbonyl (C=O) groups is 1. The van der Waals surface area contributed by atoms with Crippen LogP contribution in [0.2, 0.25) is 0 Å². The molecule has 3 heteroatoms. The molecule has 0 aromatic heterocycles. The largest absolute Gasteiger partial charge is 0.465 e. The number of ether oxygens (including phenoxy) is 1. The zero-order chi connectivity index (χ0) is 13.0. The molecule has 0 amide bonds. The first-order valence-corrected chi connectivity index (χ1v) is 6.70. The fourth-order valence-electron chi connectivity index (χ4n) is 2.72. The number of hydrogen-bond donors (Lipinski definition) is 1. The predicted molar refractivity (Wildman–Crippen MR) is 70.6 cm³/mol. The smallest absolute Gasteiger partial charge is 0.337 e. The van der Waals surface area contributed by atoms with Crippen molar-refractivity contribution in [2.75, 3.05) is 20.2 Å². The van der Waals surface area contributed by atoms with Crippen LogP contribution in [-0.4, -0.2) is 26.2 Å². The minimum atomic E-state index is -0.263. The first-order valence-electron chi connectivity index (χ1n) is 6.70. The van der Waals surface area contributed by atoms with Gasteiger partial charge in [0.15, 0.2) is 0 Å². The predicted octanol–water partition coefficient (Wildman–Crippen LogP) is 1.29. The Bertz CT molecular complexity index is 399. The van der Waals surface area contributed by atoms with E-state index in [1.54, 1.807) is 4.90 Å². The van der Waals surface area contributed by atoms with E-state index in [-0.39, 0.29) is 5.97 Å². The van der Waals surface area contributed by atoms with E-state index in [0.29, 0.717) is 5.56 Å². The average Bonchev–Trinajstić information content (AvgIpc) is 2.39. The summed E-state index contributed by atoms with van der Waals surface area (Å²) in [6.45, 7) is 5.92. The lowest BCUT2D eigenvalue weighted by molar-refractivity contribution is -0.922. The normalized spacial score (nSPS) is 23.7. The lowest BCUT2D eigenvalue weighted by Crippen LogP contribution is -3.12. The number of carbonyl (C=O) groups excluding carboxylic acids is 1. The van der Waals surface area contributed by atoms with Gasteiger partial charge >= 0.3 is 5.97 Å². The number of benzene rings is 1. The second kappa shape index (κ2) is 6.01. The van der Waals surface area contributed by atoms with Crippen LogP contribution in [0.25, 0.3) is 0 Å². The fourth-order valence-corrected chi connectivity index (χ4v) is 2.72. The summed E-state index contributed by atoms with van der Waals surface area (Å²) in [5.74, 6) is 0.573. The Morgan fingerprint density at radius 2 is 2.11 bits per heavy atom. The van der Waals surface area contributed by atoms with Gasteiger partial charge in [-0.1, -0.05) is 19.1 Å². The summed E-state index contributed by atoms with van der Waals surface area (Å²) in [6, 6.07) is 7.79. The number of esters is 1.